The summed E-state index contributed by atoms with van der Waals surface area (Å²) in [5.74, 6) is 0. The second kappa shape index (κ2) is 381. The van der Waals surface area contributed by atoms with Crippen LogP contribution in [0.25, 0.3) is 0 Å². The van der Waals surface area contributed by atoms with Crippen molar-refractivity contribution in [3.05, 3.63) is 0 Å². The Morgan fingerprint density at radius 3 is 0.400 bits per heavy atom. The first-order valence-corrected chi connectivity index (χ1v) is 0. The van der Waals surface area contributed by atoms with Crippen molar-refractivity contribution in [3.8, 4) is 0 Å². The van der Waals surface area contributed by atoms with E-state index in [1.807, 2.05) is 0 Å². The minimum absolute atomic E-state index is 0. The van der Waals surface area contributed by atoms with Crippen LogP contribution in [0.3, 0.4) is 0 Å². The summed E-state index contributed by atoms with van der Waals surface area (Å²) in [4.78, 5) is 0. The molecule has 5 heavy (non-hydrogen) atoms. The first-order valence-electron chi connectivity index (χ1n) is 0. The minimum atomic E-state index is 0. The zero-order chi connectivity index (χ0) is 0. The topological polar surface area (TPSA) is 126 Å². The summed E-state index contributed by atoms with van der Waals surface area (Å²) >= 11 is 0. The van der Waals surface area contributed by atoms with Crippen molar-refractivity contribution in [1.29, 1.82) is 0 Å². The van der Waals surface area contributed by atoms with Gasteiger partial charge in [-0.3, -0.25) is 0 Å². The minimum Gasteiger partial charge on any atom is -0.412 e. The summed E-state index contributed by atoms with van der Waals surface area (Å²) in [7, 11) is 0. The predicted molar refractivity (Wildman–Crippen MR) is 14.5 cm³/mol. The van der Waals surface area contributed by atoms with Crippen LogP contribution >= 0.6 is 0 Å². The van der Waals surface area contributed by atoms with Gasteiger partial charge in [0.25, 0.3) is 0 Å². The third-order valence-electron chi connectivity index (χ3n) is 0. The molecular formula is H8CuO4+2. The molecule has 0 spiro atoms. The van der Waals surface area contributed by atoms with E-state index in [0.717, 1.165) is 0 Å². The molecule has 0 aromatic carbocycles. The van der Waals surface area contributed by atoms with E-state index in [1.165, 1.54) is 0 Å². The molecule has 0 amide bonds. The molecule has 5 heteroatoms. The van der Waals surface area contributed by atoms with E-state index in [9.17, 15) is 0 Å². The first-order chi connectivity index (χ1) is 0. The van der Waals surface area contributed by atoms with Crippen LogP contribution in [0.15, 0.2) is 0 Å². The molecule has 0 rings (SSSR count). The molecule has 0 aromatic heterocycles. The van der Waals surface area contributed by atoms with E-state index >= 15 is 0 Å². The standard InChI is InChI=1S/Cu.4H2O/h;4*1H2/q+2;;;;. The summed E-state index contributed by atoms with van der Waals surface area (Å²) < 4.78 is 0. The SMILES string of the molecule is O.O.O.O.[Cu+2]. The van der Waals surface area contributed by atoms with Crippen LogP contribution in [0.1, 0.15) is 0 Å². The van der Waals surface area contributed by atoms with Gasteiger partial charge in [0.15, 0.2) is 0 Å². The molecule has 0 bridgehead atoms. The van der Waals surface area contributed by atoms with Crippen molar-refractivity contribution in [1.82, 2.24) is 0 Å². The Balaban J connectivity index is 0. The van der Waals surface area contributed by atoms with Gasteiger partial charge in [0.05, 0.1) is 0 Å². The Bertz CT molecular complexity index is 3.61. The predicted octanol–water partition coefficient (Wildman–Crippen LogP) is -3.30. The summed E-state index contributed by atoms with van der Waals surface area (Å²) in [5.41, 5.74) is 0. The Morgan fingerprint density at radius 2 is 0.400 bits per heavy atom. The monoisotopic (exact) mass is 135 g/mol. The average Bonchev–Trinajstić information content (AvgIpc) is 0. The van der Waals surface area contributed by atoms with Crippen molar-refractivity contribution in [2.24, 2.45) is 0 Å². The number of rotatable bonds is 0. The van der Waals surface area contributed by atoms with Gasteiger partial charge in [0.2, 0.25) is 0 Å². The molecule has 0 aliphatic heterocycles. The molecule has 0 aliphatic rings. The molecule has 0 saturated heterocycles. The average molecular weight is 136 g/mol. The van der Waals surface area contributed by atoms with Crippen LogP contribution in [-0.4, -0.2) is 21.9 Å². The molecule has 1 radical (unpaired) electrons. The van der Waals surface area contributed by atoms with Gasteiger partial charge in [-0.1, -0.05) is 0 Å². The fraction of sp³-hybridized carbons (Fsp3) is 0. The van der Waals surface area contributed by atoms with Gasteiger partial charge in [-0.15, -0.1) is 0 Å². The molecule has 4 nitrogen and oxygen atoms in total. The Labute approximate surface area is 39.9 Å². The van der Waals surface area contributed by atoms with Crippen LogP contribution in [0.4, 0.5) is 0 Å². The quantitative estimate of drug-likeness (QED) is 0.309. The second-order valence-corrected chi connectivity index (χ2v) is 0. The third-order valence-corrected chi connectivity index (χ3v) is 0. The molecule has 0 saturated carbocycles. The van der Waals surface area contributed by atoms with Crippen LogP contribution < -0.4 is 0 Å². The van der Waals surface area contributed by atoms with E-state index < -0.39 is 0 Å². The maximum Gasteiger partial charge on any atom is 2.00 e. The molecule has 8 N–H and O–H groups in total. The smallest absolute Gasteiger partial charge is 0.412 e. The van der Waals surface area contributed by atoms with Gasteiger partial charge in [-0.05, 0) is 0 Å². The molecular weight excluding hydrogens is 128 g/mol. The van der Waals surface area contributed by atoms with Gasteiger partial charge in [0.1, 0.15) is 0 Å². The zero-order valence-corrected chi connectivity index (χ0v) is 3.24. The molecule has 0 heterocycles. The molecule has 0 atom stereocenters. The van der Waals surface area contributed by atoms with Gasteiger partial charge < -0.3 is 21.9 Å². The van der Waals surface area contributed by atoms with E-state index in [1.54, 1.807) is 0 Å². The summed E-state index contributed by atoms with van der Waals surface area (Å²) in [5, 5.41) is 0. The van der Waals surface area contributed by atoms with Crippen LogP contribution in [-0.2, 0) is 17.1 Å². The van der Waals surface area contributed by atoms with Gasteiger partial charge in [-0.25, -0.2) is 0 Å². The third kappa shape index (κ3) is 188. The van der Waals surface area contributed by atoms with E-state index in [4.69, 9.17) is 0 Å². The van der Waals surface area contributed by atoms with Gasteiger partial charge >= 0.3 is 17.1 Å². The van der Waals surface area contributed by atoms with Crippen molar-refractivity contribution in [2.75, 3.05) is 0 Å². The van der Waals surface area contributed by atoms with Crippen molar-refractivity contribution in [3.63, 3.8) is 0 Å². The summed E-state index contributed by atoms with van der Waals surface area (Å²) in [6.45, 7) is 0. The maximum atomic E-state index is 0. The van der Waals surface area contributed by atoms with Crippen LogP contribution in [0.5, 0.6) is 0 Å². The molecule has 0 aliphatic carbocycles. The van der Waals surface area contributed by atoms with Crippen molar-refractivity contribution >= 4 is 0 Å². The van der Waals surface area contributed by atoms with Gasteiger partial charge in [0, 0.05) is 0 Å². The normalized spacial score (nSPS) is 0. The van der Waals surface area contributed by atoms with E-state index in [0.29, 0.717) is 0 Å². The number of hydrogen-bond acceptors (Lipinski definition) is 0. The maximum absolute atomic E-state index is 0. The summed E-state index contributed by atoms with van der Waals surface area (Å²) in [6, 6.07) is 0. The Morgan fingerprint density at radius 1 is 0.400 bits per heavy atom. The number of hydrogen-bond donors (Lipinski definition) is 0. The molecule has 0 aromatic rings. The Kier molecular flexibility index (Phi) is 60000. The van der Waals surface area contributed by atoms with E-state index in [2.05, 4.69) is 0 Å². The fourth-order valence-electron chi connectivity index (χ4n) is 0. The van der Waals surface area contributed by atoms with Crippen LogP contribution in [0.2, 0.25) is 0 Å². The largest absolute Gasteiger partial charge is 2.00 e. The molecule has 0 fully saturated rings. The fourth-order valence-corrected chi connectivity index (χ4v) is 0. The van der Waals surface area contributed by atoms with Crippen LogP contribution in [0, 0.1) is 0 Å². The molecule has 0 unspecified atom stereocenters. The van der Waals surface area contributed by atoms with Crippen molar-refractivity contribution in [2.45, 2.75) is 0 Å². The first kappa shape index (κ1) is 788. The second-order valence-electron chi connectivity index (χ2n) is 0. The van der Waals surface area contributed by atoms with E-state index in [-0.39, 0.29) is 39.0 Å². The molecule has 41 valence electrons. The van der Waals surface area contributed by atoms with Crippen molar-refractivity contribution < 1.29 is 39.0 Å². The van der Waals surface area contributed by atoms with Gasteiger partial charge in [-0.2, -0.15) is 0 Å². The summed E-state index contributed by atoms with van der Waals surface area (Å²) in [6.07, 6.45) is 0. The Hall–Kier alpha value is 0.359. The zero-order valence-electron chi connectivity index (χ0n) is 2.30.